The summed E-state index contributed by atoms with van der Waals surface area (Å²) in [6, 6.07) is 5.09. The van der Waals surface area contributed by atoms with Crippen molar-refractivity contribution < 1.29 is 4.79 Å². The molecule has 0 saturated carbocycles. The molecule has 0 bridgehead atoms. The second-order valence-corrected chi connectivity index (χ2v) is 4.93. The van der Waals surface area contributed by atoms with Gasteiger partial charge in [0.25, 0.3) is 5.91 Å². The molecule has 1 amide bonds. The predicted octanol–water partition coefficient (Wildman–Crippen LogP) is 3.08. The van der Waals surface area contributed by atoms with Crippen molar-refractivity contribution >= 4 is 28.4 Å². The van der Waals surface area contributed by atoms with Crippen LogP contribution < -0.4 is 5.73 Å². The maximum absolute atomic E-state index is 12.0. The summed E-state index contributed by atoms with van der Waals surface area (Å²) in [4.78, 5) is 23.1. The van der Waals surface area contributed by atoms with Gasteiger partial charge in [-0.2, -0.15) is 0 Å². The second kappa shape index (κ2) is 5.36. The number of fused-ring (bicyclic) bond motifs is 1. The maximum atomic E-state index is 12.0. The van der Waals surface area contributed by atoms with Crippen molar-refractivity contribution in [2.45, 2.75) is 13.8 Å². The number of nitrogens with two attached hydrogens (primary N) is 1. The molecule has 7 heteroatoms. The number of anilines is 1. The van der Waals surface area contributed by atoms with E-state index in [9.17, 15) is 4.79 Å². The van der Waals surface area contributed by atoms with E-state index in [4.69, 9.17) is 5.73 Å². The number of amides is 1. The van der Waals surface area contributed by atoms with Gasteiger partial charge in [-0.25, -0.2) is 4.98 Å². The van der Waals surface area contributed by atoms with Crippen molar-refractivity contribution in [1.29, 1.82) is 0 Å². The lowest BCUT2D eigenvalue weighted by atomic mass is 10.1. The van der Waals surface area contributed by atoms with Crippen LogP contribution in [0.4, 0.5) is 11.6 Å². The molecule has 110 valence electrons. The van der Waals surface area contributed by atoms with Crippen LogP contribution >= 0.6 is 0 Å². The van der Waals surface area contributed by atoms with E-state index in [0.717, 1.165) is 16.6 Å². The molecule has 0 aliphatic carbocycles. The van der Waals surface area contributed by atoms with Crippen molar-refractivity contribution in [3.8, 4) is 0 Å². The lowest BCUT2D eigenvalue weighted by Crippen LogP contribution is -1.93. The normalized spacial score (nSPS) is 11.4. The number of hydrogen-bond acceptors (Lipinski definition) is 5. The Labute approximate surface area is 126 Å². The number of nitrogens with one attached hydrogen (secondary N) is 1. The van der Waals surface area contributed by atoms with Crippen LogP contribution in [0.5, 0.6) is 0 Å². The number of aryl methyl sites for hydroxylation is 2. The SMILES string of the molecule is Cc1cc(C)c2c(N=NC(=O)c3ccncc3)[nH]c(N)c2n1. The minimum absolute atomic E-state index is 0.409. The minimum Gasteiger partial charge on any atom is -0.383 e. The van der Waals surface area contributed by atoms with E-state index in [1.165, 1.54) is 12.4 Å². The third-order valence-electron chi connectivity index (χ3n) is 3.26. The zero-order valence-corrected chi connectivity index (χ0v) is 12.2. The largest absolute Gasteiger partial charge is 0.383 e. The quantitative estimate of drug-likeness (QED) is 0.707. The van der Waals surface area contributed by atoms with E-state index in [2.05, 4.69) is 25.2 Å². The molecule has 22 heavy (non-hydrogen) atoms. The molecular weight excluding hydrogens is 280 g/mol. The third-order valence-corrected chi connectivity index (χ3v) is 3.26. The predicted molar refractivity (Wildman–Crippen MR) is 83.1 cm³/mol. The Kier molecular flexibility index (Phi) is 3.38. The van der Waals surface area contributed by atoms with Gasteiger partial charge in [-0.1, -0.05) is 0 Å². The number of aromatic amines is 1. The number of nitrogens with zero attached hydrogens (tertiary/aromatic N) is 4. The molecule has 3 N–H and O–H groups in total. The summed E-state index contributed by atoms with van der Waals surface area (Å²) in [6.07, 6.45) is 3.06. The van der Waals surface area contributed by atoms with Gasteiger partial charge in [0, 0.05) is 23.7 Å². The summed E-state index contributed by atoms with van der Waals surface area (Å²) in [6.45, 7) is 3.83. The van der Waals surface area contributed by atoms with Crippen molar-refractivity contribution in [2.75, 3.05) is 5.73 Å². The summed E-state index contributed by atoms with van der Waals surface area (Å²) in [5.41, 5.74) is 8.83. The fourth-order valence-electron chi connectivity index (χ4n) is 2.30. The van der Waals surface area contributed by atoms with Crippen LogP contribution in [0.3, 0.4) is 0 Å². The fraction of sp³-hybridized carbons (Fsp3) is 0.133. The Bertz CT molecular complexity index is 882. The number of carbonyl (C=O) groups excluding carboxylic acids is 1. The van der Waals surface area contributed by atoms with Gasteiger partial charge in [-0.15, -0.1) is 10.2 Å². The summed E-state index contributed by atoms with van der Waals surface area (Å²) < 4.78 is 0. The standard InChI is InChI=1S/C15H14N6O/c1-8-7-9(2)18-12-11(8)14(19-13(12)16)20-21-15(22)10-3-5-17-6-4-10/h3-7,19H,16H2,1-2H3. The van der Waals surface area contributed by atoms with E-state index in [1.807, 2.05) is 19.9 Å². The Morgan fingerprint density at radius 2 is 2.00 bits per heavy atom. The Hall–Kier alpha value is -3.09. The van der Waals surface area contributed by atoms with Crippen molar-refractivity contribution in [2.24, 2.45) is 10.2 Å². The van der Waals surface area contributed by atoms with Crippen LogP contribution in [0.15, 0.2) is 40.8 Å². The number of rotatable bonds is 2. The van der Waals surface area contributed by atoms with Crippen molar-refractivity contribution in [1.82, 2.24) is 15.0 Å². The van der Waals surface area contributed by atoms with Crippen molar-refractivity contribution in [3.05, 3.63) is 47.4 Å². The molecule has 0 fully saturated rings. The van der Waals surface area contributed by atoms with E-state index in [1.54, 1.807) is 12.1 Å². The van der Waals surface area contributed by atoms with Crippen LogP contribution in [0.2, 0.25) is 0 Å². The van der Waals surface area contributed by atoms with Crippen LogP contribution in [-0.4, -0.2) is 20.9 Å². The van der Waals surface area contributed by atoms with Crippen LogP contribution in [-0.2, 0) is 0 Å². The fourth-order valence-corrected chi connectivity index (χ4v) is 2.30. The molecule has 0 saturated heterocycles. The third kappa shape index (κ3) is 2.44. The number of nitrogen functional groups attached to an aromatic ring is 1. The number of hydrogen-bond donors (Lipinski definition) is 2. The number of azo groups is 1. The average molecular weight is 294 g/mol. The first kappa shape index (κ1) is 13.9. The summed E-state index contributed by atoms with van der Waals surface area (Å²) in [7, 11) is 0. The molecule has 7 nitrogen and oxygen atoms in total. The van der Waals surface area contributed by atoms with Crippen molar-refractivity contribution in [3.63, 3.8) is 0 Å². The number of aromatic nitrogens is 3. The molecule has 0 aliphatic rings. The molecule has 3 heterocycles. The molecule has 3 aromatic heterocycles. The Morgan fingerprint density at radius 1 is 1.27 bits per heavy atom. The highest BCUT2D eigenvalue weighted by atomic mass is 16.1. The molecule has 0 unspecified atom stereocenters. The smallest absolute Gasteiger partial charge is 0.295 e. The van der Waals surface area contributed by atoms with Gasteiger partial charge in [0.05, 0.1) is 5.39 Å². The summed E-state index contributed by atoms with van der Waals surface area (Å²) in [5, 5.41) is 8.51. The Balaban J connectivity index is 2.01. The molecule has 0 aromatic carbocycles. The van der Waals surface area contributed by atoms with Gasteiger partial charge in [0.1, 0.15) is 11.3 Å². The molecule has 3 rings (SSSR count). The maximum Gasteiger partial charge on any atom is 0.295 e. The van der Waals surface area contributed by atoms with Gasteiger partial charge in [-0.05, 0) is 37.6 Å². The Morgan fingerprint density at radius 3 is 2.73 bits per heavy atom. The lowest BCUT2D eigenvalue weighted by molar-refractivity contribution is 0.0995. The molecular formula is C15H14N6O. The highest BCUT2D eigenvalue weighted by Gasteiger charge is 2.13. The number of pyridine rings is 2. The molecule has 0 aliphatic heterocycles. The van der Waals surface area contributed by atoms with Gasteiger partial charge in [-0.3, -0.25) is 9.78 Å². The average Bonchev–Trinajstić information content (AvgIpc) is 2.82. The van der Waals surface area contributed by atoms with E-state index in [0.29, 0.717) is 22.7 Å². The van der Waals surface area contributed by atoms with Gasteiger partial charge < -0.3 is 10.7 Å². The first-order valence-corrected chi connectivity index (χ1v) is 6.67. The first-order chi connectivity index (χ1) is 10.6. The lowest BCUT2D eigenvalue weighted by Gasteiger charge is -1.99. The topological polar surface area (TPSA) is 109 Å². The van der Waals surface area contributed by atoms with E-state index >= 15 is 0 Å². The van der Waals surface area contributed by atoms with Gasteiger partial charge in [0.2, 0.25) is 0 Å². The minimum atomic E-state index is -0.443. The van der Waals surface area contributed by atoms with E-state index in [-0.39, 0.29) is 0 Å². The van der Waals surface area contributed by atoms with Crippen LogP contribution in [0.25, 0.3) is 10.9 Å². The summed E-state index contributed by atoms with van der Waals surface area (Å²) >= 11 is 0. The highest BCUT2D eigenvalue weighted by molar-refractivity contribution is 5.99. The number of H-pyrrole nitrogens is 1. The molecule has 0 atom stereocenters. The van der Waals surface area contributed by atoms with E-state index < -0.39 is 5.91 Å². The number of carbonyl (C=O) groups is 1. The van der Waals surface area contributed by atoms with Gasteiger partial charge in [0.15, 0.2) is 5.82 Å². The second-order valence-electron chi connectivity index (χ2n) is 4.93. The zero-order valence-electron chi connectivity index (χ0n) is 12.2. The van der Waals surface area contributed by atoms with Crippen LogP contribution in [0, 0.1) is 13.8 Å². The molecule has 0 spiro atoms. The van der Waals surface area contributed by atoms with Crippen LogP contribution in [0.1, 0.15) is 21.6 Å². The van der Waals surface area contributed by atoms with Gasteiger partial charge >= 0.3 is 0 Å². The zero-order chi connectivity index (χ0) is 15.7. The highest BCUT2D eigenvalue weighted by Crippen LogP contribution is 2.32. The monoisotopic (exact) mass is 294 g/mol. The first-order valence-electron chi connectivity index (χ1n) is 6.67. The molecule has 0 radical (unpaired) electrons. The summed E-state index contributed by atoms with van der Waals surface area (Å²) in [5.74, 6) is 0.397. The molecule has 3 aromatic rings.